The summed E-state index contributed by atoms with van der Waals surface area (Å²) in [7, 11) is 0. The van der Waals surface area contributed by atoms with Crippen LogP contribution in [0.5, 0.6) is 0 Å². The average Bonchev–Trinajstić information content (AvgIpc) is 2.13. The Kier molecular flexibility index (Phi) is 4.68. The summed E-state index contributed by atoms with van der Waals surface area (Å²) >= 11 is 0. The predicted molar refractivity (Wildman–Crippen MR) is 49.2 cm³/mol. The summed E-state index contributed by atoms with van der Waals surface area (Å²) in [5.74, 6) is 0. The van der Waals surface area contributed by atoms with Crippen molar-refractivity contribution in [2.75, 3.05) is 19.6 Å². The maximum Gasteiger partial charge on any atom is 0.390 e. The molecule has 1 unspecified atom stereocenters. The van der Waals surface area contributed by atoms with Crippen LogP contribution in [0.1, 0.15) is 25.7 Å². The monoisotopic (exact) mass is 210 g/mol. The first-order valence-corrected chi connectivity index (χ1v) is 5.09. The van der Waals surface area contributed by atoms with Crippen LogP contribution in [0.15, 0.2) is 0 Å². The number of piperidine rings is 1. The highest BCUT2D eigenvalue weighted by atomic mass is 19.4. The van der Waals surface area contributed by atoms with Crippen LogP contribution in [0.2, 0.25) is 0 Å². The molecule has 1 heterocycles. The molecule has 0 saturated carbocycles. The van der Waals surface area contributed by atoms with Crippen molar-refractivity contribution < 1.29 is 13.2 Å². The Labute approximate surface area is 82.2 Å². The fraction of sp³-hybridized carbons (Fsp3) is 1.00. The van der Waals surface area contributed by atoms with Crippen LogP contribution in [-0.4, -0.2) is 31.9 Å². The standard InChI is InChI=1S/C9H17F3N2/c10-9(11,12)4-6-13-7-8-3-1-2-5-14-8/h8,13-14H,1-7H2. The van der Waals surface area contributed by atoms with Crippen LogP contribution in [0.3, 0.4) is 0 Å². The maximum atomic E-state index is 11.8. The second-order valence-electron chi connectivity index (χ2n) is 3.72. The Morgan fingerprint density at radius 2 is 2.07 bits per heavy atom. The summed E-state index contributed by atoms with van der Waals surface area (Å²) < 4.78 is 35.3. The molecule has 1 saturated heterocycles. The van der Waals surface area contributed by atoms with Gasteiger partial charge in [0.2, 0.25) is 0 Å². The first-order chi connectivity index (χ1) is 6.58. The van der Waals surface area contributed by atoms with Crippen LogP contribution in [-0.2, 0) is 0 Å². The third-order valence-electron chi connectivity index (χ3n) is 2.39. The van der Waals surface area contributed by atoms with Gasteiger partial charge in [-0.3, -0.25) is 0 Å². The quantitative estimate of drug-likeness (QED) is 0.690. The Bertz CT molecular complexity index is 153. The molecule has 1 atom stereocenters. The molecule has 1 aliphatic heterocycles. The van der Waals surface area contributed by atoms with E-state index in [1.54, 1.807) is 0 Å². The Morgan fingerprint density at radius 3 is 2.64 bits per heavy atom. The summed E-state index contributed by atoms with van der Waals surface area (Å²) in [4.78, 5) is 0. The van der Waals surface area contributed by atoms with Gasteiger partial charge >= 0.3 is 6.18 Å². The Balaban J connectivity index is 1.97. The van der Waals surface area contributed by atoms with E-state index in [4.69, 9.17) is 0 Å². The predicted octanol–water partition coefficient (Wildman–Crippen LogP) is 1.67. The molecule has 2 N–H and O–H groups in total. The van der Waals surface area contributed by atoms with Crippen LogP contribution >= 0.6 is 0 Å². The Hall–Kier alpha value is -0.290. The number of alkyl halides is 3. The van der Waals surface area contributed by atoms with E-state index in [1.807, 2.05) is 0 Å². The van der Waals surface area contributed by atoms with Crippen LogP contribution in [0, 0.1) is 0 Å². The second kappa shape index (κ2) is 5.56. The molecular formula is C9H17F3N2. The zero-order valence-electron chi connectivity index (χ0n) is 8.16. The van der Waals surface area contributed by atoms with E-state index in [1.165, 1.54) is 12.8 Å². The lowest BCUT2D eigenvalue weighted by molar-refractivity contribution is -0.133. The van der Waals surface area contributed by atoms with Crippen molar-refractivity contribution >= 4 is 0 Å². The molecule has 0 bridgehead atoms. The highest BCUT2D eigenvalue weighted by Gasteiger charge is 2.26. The van der Waals surface area contributed by atoms with Crippen molar-refractivity contribution in [1.29, 1.82) is 0 Å². The van der Waals surface area contributed by atoms with E-state index in [0.717, 1.165) is 13.0 Å². The number of nitrogens with one attached hydrogen (secondary N) is 2. The maximum absolute atomic E-state index is 11.8. The summed E-state index contributed by atoms with van der Waals surface area (Å²) in [5, 5.41) is 6.10. The fourth-order valence-corrected chi connectivity index (χ4v) is 1.60. The van der Waals surface area contributed by atoms with E-state index in [2.05, 4.69) is 10.6 Å². The first-order valence-electron chi connectivity index (χ1n) is 5.09. The van der Waals surface area contributed by atoms with E-state index in [9.17, 15) is 13.2 Å². The average molecular weight is 210 g/mol. The van der Waals surface area contributed by atoms with Crippen LogP contribution in [0.25, 0.3) is 0 Å². The highest BCUT2D eigenvalue weighted by Crippen LogP contribution is 2.18. The largest absolute Gasteiger partial charge is 0.390 e. The number of hydrogen-bond acceptors (Lipinski definition) is 2. The molecule has 0 aromatic heterocycles. The third-order valence-corrected chi connectivity index (χ3v) is 2.39. The van der Waals surface area contributed by atoms with Gasteiger partial charge in [-0.1, -0.05) is 6.42 Å². The molecular weight excluding hydrogens is 193 g/mol. The van der Waals surface area contributed by atoms with Gasteiger partial charge in [0, 0.05) is 19.1 Å². The molecule has 1 aliphatic rings. The molecule has 0 aromatic rings. The van der Waals surface area contributed by atoms with Gasteiger partial charge < -0.3 is 10.6 Å². The fourth-order valence-electron chi connectivity index (χ4n) is 1.60. The van der Waals surface area contributed by atoms with Crippen molar-refractivity contribution in [3.05, 3.63) is 0 Å². The molecule has 0 spiro atoms. The van der Waals surface area contributed by atoms with Gasteiger partial charge in [-0.25, -0.2) is 0 Å². The van der Waals surface area contributed by atoms with Crippen LogP contribution < -0.4 is 10.6 Å². The lowest BCUT2D eigenvalue weighted by Gasteiger charge is -2.23. The summed E-state index contributed by atoms with van der Waals surface area (Å²) in [6.45, 7) is 1.67. The van der Waals surface area contributed by atoms with E-state index >= 15 is 0 Å². The zero-order chi connectivity index (χ0) is 10.4. The Morgan fingerprint density at radius 1 is 1.29 bits per heavy atom. The molecule has 2 nitrogen and oxygen atoms in total. The molecule has 14 heavy (non-hydrogen) atoms. The summed E-state index contributed by atoms with van der Waals surface area (Å²) in [6, 6.07) is 0.358. The summed E-state index contributed by atoms with van der Waals surface area (Å²) in [6.07, 6.45) is -1.34. The smallest absolute Gasteiger partial charge is 0.315 e. The molecule has 84 valence electrons. The minimum absolute atomic E-state index is 0.0294. The van der Waals surface area contributed by atoms with Gasteiger partial charge in [0.15, 0.2) is 0 Å². The SMILES string of the molecule is FC(F)(F)CCNCC1CCCCN1. The lowest BCUT2D eigenvalue weighted by Crippen LogP contribution is -2.42. The molecule has 0 aromatic carbocycles. The molecule has 1 fully saturated rings. The lowest BCUT2D eigenvalue weighted by atomic mass is 10.1. The number of halogens is 3. The summed E-state index contributed by atoms with van der Waals surface area (Å²) in [5.41, 5.74) is 0. The van der Waals surface area contributed by atoms with Crippen molar-refractivity contribution in [3.8, 4) is 0 Å². The van der Waals surface area contributed by atoms with Crippen molar-refractivity contribution in [2.24, 2.45) is 0 Å². The van der Waals surface area contributed by atoms with Crippen molar-refractivity contribution in [2.45, 2.75) is 37.9 Å². The molecule has 5 heteroatoms. The van der Waals surface area contributed by atoms with E-state index in [-0.39, 0.29) is 6.54 Å². The normalized spacial score (nSPS) is 23.8. The topological polar surface area (TPSA) is 24.1 Å². The van der Waals surface area contributed by atoms with Gasteiger partial charge in [0.25, 0.3) is 0 Å². The first kappa shape index (κ1) is 11.8. The van der Waals surface area contributed by atoms with Gasteiger partial charge in [-0.05, 0) is 19.4 Å². The number of rotatable bonds is 4. The number of hydrogen-bond donors (Lipinski definition) is 2. The molecule has 0 amide bonds. The zero-order valence-corrected chi connectivity index (χ0v) is 8.16. The molecule has 0 radical (unpaired) electrons. The van der Waals surface area contributed by atoms with Crippen molar-refractivity contribution in [1.82, 2.24) is 10.6 Å². The van der Waals surface area contributed by atoms with Crippen molar-refractivity contribution in [3.63, 3.8) is 0 Å². The van der Waals surface area contributed by atoms with Crippen LogP contribution in [0.4, 0.5) is 13.2 Å². The highest BCUT2D eigenvalue weighted by molar-refractivity contribution is 4.74. The van der Waals surface area contributed by atoms with Gasteiger partial charge in [-0.15, -0.1) is 0 Å². The van der Waals surface area contributed by atoms with Gasteiger partial charge in [0.1, 0.15) is 0 Å². The molecule has 1 rings (SSSR count). The minimum atomic E-state index is -4.03. The van der Waals surface area contributed by atoms with Gasteiger partial charge in [-0.2, -0.15) is 13.2 Å². The van der Waals surface area contributed by atoms with E-state index < -0.39 is 12.6 Å². The minimum Gasteiger partial charge on any atom is -0.315 e. The molecule has 0 aliphatic carbocycles. The van der Waals surface area contributed by atoms with Gasteiger partial charge in [0.05, 0.1) is 6.42 Å². The second-order valence-corrected chi connectivity index (χ2v) is 3.72. The third kappa shape index (κ3) is 5.44. The van der Waals surface area contributed by atoms with E-state index in [0.29, 0.717) is 12.6 Å².